The number of aromatic nitrogens is 3. The molecule has 38 heavy (non-hydrogen) atoms. The van der Waals surface area contributed by atoms with E-state index in [0.29, 0.717) is 28.9 Å². The smallest absolute Gasteiger partial charge is 0.307 e. The van der Waals surface area contributed by atoms with E-state index in [1.165, 1.54) is 0 Å². The van der Waals surface area contributed by atoms with Crippen molar-refractivity contribution in [2.75, 3.05) is 0 Å². The van der Waals surface area contributed by atoms with E-state index >= 15 is 0 Å². The van der Waals surface area contributed by atoms with Gasteiger partial charge < -0.3 is 14.4 Å². The SMILES string of the molecule is CC1(C)[C@H](C(=O)O)[C@@H]1c1nc2cc(OCc3ccc4ccccc4n3)ccc2n1Cc1ccc(Cl)cc1Cl. The summed E-state index contributed by atoms with van der Waals surface area (Å²) in [6, 6.07) is 23.1. The molecule has 0 unspecified atom stereocenters. The standard InChI is InChI=1S/C30H25Cl2N3O3/c1-30(2)26(27(30)29(36)37)28-34-24-14-21(38-16-20-10-8-17-5-3-4-6-23(17)33-20)11-12-25(24)35(28)15-18-7-9-19(31)13-22(18)32/h3-14,26-27H,15-16H2,1-2H3,(H,36,37)/t26-,27+/m1/s1. The molecule has 6 rings (SSSR count). The van der Waals surface area contributed by atoms with Crippen LogP contribution in [0.15, 0.2) is 72.8 Å². The van der Waals surface area contributed by atoms with Crippen LogP contribution in [-0.4, -0.2) is 25.6 Å². The van der Waals surface area contributed by atoms with Gasteiger partial charge in [0, 0.05) is 27.4 Å². The Morgan fingerprint density at radius 2 is 1.82 bits per heavy atom. The number of para-hydroxylation sites is 1. The lowest BCUT2D eigenvalue weighted by Crippen LogP contribution is -2.07. The number of carboxylic acids is 1. The number of hydrogen-bond acceptors (Lipinski definition) is 4. The van der Waals surface area contributed by atoms with Gasteiger partial charge in [-0.2, -0.15) is 0 Å². The summed E-state index contributed by atoms with van der Waals surface area (Å²) in [6.07, 6.45) is 0. The average Bonchev–Trinajstić information content (AvgIpc) is 3.31. The molecule has 2 aromatic heterocycles. The van der Waals surface area contributed by atoms with Crippen molar-refractivity contribution in [2.45, 2.75) is 32.9 Å². The minimum Gasteiger partial charge on any atom is -0.487 e. The van der Waals surface area contributed by atoms with Crippen molar-refractivity contribution in [1.29, 1.82) is 0 Å². The zero-order chi connectivity index (χ0) is 26.6. The Morgan fingerprint density at radius 3 is 2.58 bits per heavy atom. The molecule has 1 aliphatic rings. The summed E-state index contributed by atoms with van der Waals surface area (Å²) in [5.74, 6) is -0.136. The number of aliphatic carboxylic acids is 1. The molecule has 0 radical (unpaired) electrons. The van der Waals surface area contributed by atoms with E-state index < -0.39 is 17.3 Å². The summed E-state index contributed by atoms with van der Waals surface area (Å²) in [5, 5.41) is 12.0. The molecule has 1 fully saturated rings. The van der Waals surface area contributed by atoms with Crippen molar-refractivity contribution in [3.8, 4) is 5.75 Å². The van der Waals surface area contributed by atoms with Gasteiger partial charge in [0.1, 0.15) is 18.2 Å². The van der Waals surface area contributed by atoms with Gasteiger partial charge in [0.25, 0.3) is 0 Å². The highest BCUT2D eigenvalue weighted by atomic mass is 35.5. The maximum atomic E-state index is 12.0. The summed E-state index contributed by atoms with van der Waals surface area (Å²) in [5.41, 5.74) is 3.85. The highest BCUT2D eigenvalue weighted by Gasteiger charge is 2.64. The van der Waals surface area contributed by atoms with Crippen molar-refractivity contribution in [2.24, 2.45) is 11.3 Å². The molecule has 192 valence electrons. The Morgan fingerprint density at radius 1 is 1.00 bits per heavy atom. The van der Waals surface area contributed by atoms with Gasteiger partial charge in [-0.25, -0.2) is 9.97 Å². The number of hydrogen-bond donors (Lipinski definition) is 1. The number of ether oxygens (including phenoxy) is 1. The number of carboxylic acid groups (broad SMARTS) is 1. The molecular weight excluding hydrogens is 521 g/mol. The lowest BCUT2D eigenvalue weighted by atomic mass is 10.1. The number of benzene rings is 3. The molecule has 1 aliphatic carbocycles. The van der Waals surface area contributed by atoms with Crippen molar-refractivity contribution < 1.29 is 14.6 Å². The molecule has 2 heterocycles. The second-order valence-corrected chi connectivity index (χ2v) is 11.2. The zero-order valence-electron chi connectivity index (χ0n) is 20.9. The van der Waals surface area contributed by atoms with E-state index in [2.05, 4.69) is 9.55 Å². The molecule has 1 N–H and O–H groups in total. The van der Waals surface area contributed by atoms with Gasteiger partial charge in [0.15, 0.2) is 0 Å². The number of halogens is 2. The second-order valence-electron chi connectivity index (χ2n) is 10.3. The van der Waals surface area contributed by atoms with Crippen LogP contribution in [0.4, 0.5) is 0 Å². The van der Waals surface area contributed by atoms with Crippen LogP contribution < -0.4 is 4.74 Å². The Balaban J connectivity index is 1.34. The number of carbonyl (C=O) groups is 1. The average molecular weight is 546 g/mol. The Kier molecular flexibility index (Phi) is 6.04. The largest absolute Gasteiger partial charge is 0.487 e. The fraction of sp³-hybridized carbons (Fsp3) is 0.233. The molecular formula is C30H25Cl2N3O3. The van der Waals surface area contributed by atoms with Gasteiger partial charge in [-0.1, -0.05) is 67.4 Å². The molecule has 2 atom stereocenters. The topological polar surface area (TPSA) is 77.2 Å². The van der Waals surface area contributed by atoms with Gasteiger partial charge in [-0.3, -0.25) is 4.79 Å². The summed E-state index contributed by atoms with van der Waals surface area (Å²) in [4.78, 5) is 21.6. The van der Waals surface area contributed by atoms with Crippen molar-refractivity contribution in [3.63, 3.8) is 0 Å². The number of nitrogens with zero attached hydrogens (tertiary/aromatic N) is 3. The first-order valence-corrected chi connectivity index (χ1v) is 13.1. The Bertz CT molecular complexity index is 1710. The highest BCUT2D eigenvalue weighted by Crippen LogP contribution is 2.64. The molecule has 0 aliphatic heterocycles. The van der Waals surface area contributed by atoms with Crippen LogP contribution in [0.3, 0.4) is 0 Å². The molecule has 6 nitrogen and oxygen atoms in total. The molecule has 0 spiro atoms. The van der Waals surface area contributed by atoms with Gasteiger partial charge in [-0.05, 0) is 47.4 Å². The van der Waals surface area contributed by atoms with E-state index in [1.54, 1.807) is 12.1 Å². The van der Waals surface area contributed by atoms with Crippen LogP contribution in [0, 0.1) is 11.3 Å². The molecule has 0 bridgehead atoms. The first kappa shape index (κ1) is 24.7. The van der Waals surface area contributed by atoms with Crippen LogP contribution in [0.1, 0.15) is 36.8 Å². The normalized spacial score (nSPS) is 18.1. The number of pyridine rings is 1. The molecule has 3 aromatic carbocycles. The van der Waals surface area contributed by atoms with Gasteiger partial charge in [-0.15, -0.1) is 0 Å². The quantitative estimate of drug-likeness (QED) is 0.231. The summed E-state index contributed by atoms with van der Waals surface area (Å²) in [7, 11) is 0. The lowest BCUT2D eigenvalue weighted by Gasteiger charge is -2.12. The van der Waals surface area contributed by atoms with Crippen LogP contribution in [0.2, 0.25) is 10.0 Å². The third kappa shape index (κ3) is 4.38. The summed E-state index contributed by atoms with van der Waals surface area (Å²) >= 11 is 12.6. The van der Waals surface area contributed by atoms with Crippen LogP contribution in [0.25, 0.3) is 21.9 Å². The van der Waals surface area contributed by atoms with E-state index in [4.69, 9.17) is 32.9 Å². The fourth-order valence-corrected chi connectivity index (χ4v) is 5.84. The van der Waals surface area contributed by atoms with E-state index in [-0.39, 0.29) is 5.92 Å². The van der Waals surface area contributed by atoms with Crippen molar-refractivity contribution in [3.05, 3.63) is 99.9 Å². The van der Waals surface area contributed by atoms with Gasteiger partial charge in [0.2, 0.25) is 0 Å². The minimum absolute atomic E-state index is 0.218. The van der Waals surface area contributed by atoms with Gasteiger partial charge >= 0.3 is 5.97 Å². The molecule has 8 heteroatoms. The monoisotopic (exact) mass is 545 g/mol. The first-order chi connectivity index (χ1) is 18.2. The molecule has 0 amide bonds. The molecule has 0 saturated heterocycles. The predicted octanol–water partition coefficient (Wildman–Crippen LogP) is 7.34. The van der Waals surface area contributed by atoms with Crippen LogP contribution >= 0.6 is 23.2 Å². The number of rotatable bonds is 7. The van der Waals surface area contributed by atoms with Crippen LogP contribution in [-0.2, 0) is 17.9 Å². The Labute approximate surface area is 229 Å². The maximum Gasteiger partial charge on any atom is 0.307 e. The highest BCUT2D eigenvalue weighted by molar-refractivity contribution is 6.35. The third-order valence-corrected chi connectivity index (χ3v) is 8.09. The zero-order valence-corrected chi connectivity index (χ0v) is 22.4. The maximum absolute atomic E-state index is 12.0. The summed E-state index contributed by atoms with van der Waals surface area (Å²) in [6.45, 7) is 4.71. The third-order valence-electron chi connectivity index (χ3n) is 7.51. The van der Waals surface area contributed by atoms with E-state index in [1.807, 2.05) is 74.5 Å². The Hall–Kier alpha value is -3.61. The van der Waals surface area contributed by atoms with E-state index in [0.717, 1.165) is 39.0 Å². The van der Waals surface area contributed by atoms with Crippen LogP contribution in [0.5, 0.6) is 5.75 Å². The minimum atomic E-state index is -0.810. The molecule has 1 saturated carbocycles. The lowest BCUT2D eigenvalue weighted by molar-refractivity contribution is -0.139. The van der Waals surface area contributed by atoms with Gasteiger partial charge in [0.05, 0.1) is 34.7 Å². The fourth-order valence-electron chi connectivity index (χ4n) is 5.37. The number of fused-ring (bicyclic) bond motifs is 2. The molecule has 5 aromatic rings. The number of imidazole rings is 1. The first-order valence-electron chi connectivity index (χ1n) is 12.4. The predicted molar refractivity (Wildman–Crippen MR) is 149 cm³/mol. The second kappa shape index (κ2) is 9.29. The van der Waals surface area contributed by atoms with Crippen molar-refractivity contribution in [1.82, 2.24) is 14.5 Å². The van der Waals surface area contributed by atoms with Crippen molar-refractivity contribution >= 4 is 51.1 Å². The summed E-state index contributed by atoms with van der Waals surface area (Å²) < 4.78 is 8.15. The van der Waals surface area contributed by atoms with E-state index in [9.17, 15) is 9.90 Å².